The lowest BCUT2D eigenvalue weighted by Gasteiger charge is -2.24. The van der Waals surface area contributed by atoms with Crippen molar-refractivity contribution in [3.05, 3.63) is 116 Å². The number of nitriles is 2. The summed E-state index contributed by atoms with van der Waals surface area (Å²) in [5.74, 6) is -4.03. The molecular weight excluding hydrogens is 533 g/mol. The van der Waals surface area contributed by atoms with Gasteiger partial charge in [0.2, 0.25) is 0 Å². The van der Waals surface area contributed by atoms with E-state index >= 15 is 8.78 Å². The van der Waals surface area contributed by atoms with Gasteiger partial charge in [-0.2, -0.15) is 10.5 Å². The van der Waals surface area contributed by atoms with Gasteiger partial charge in [-0.05, 0) is 36.4 Å². The molecule has 0 aliphatic heterocycles. The first kappa shape index (κ1) is 24.9. The fraction of sp³-hybridized carbons (Fsp3) is 0. The Kier molecular flexibility index (Phi) is 6.30. The Labute approximate surface area is 224 Å². The third kappa shape index (κ3) is 4.03. The van der Waals surface area contributed by atoms with Gasteiger partial charge in [-0.15, -0.1) is 0 Å². The number of carbonyl (C=O) groups excluding carboxylic acids is 2. The number of hydrogen-bond acceptors (Lipinski definition) is 6. The first-order valence-electron chi connectivity index (χ1n) is 10.9. The van der Waals surface area contributed by atoms with Crippen molar-refractivity contribution < 1.29 is 18.4 Å². The molecule has 0 fully saturated rings. The van der Waals surface area contributed by atoms with E-state index in [1.165, 1.54) is 60.7 Å². The average molecular weight is 545 g/mol. The largest absolute Gasteiger partial charge is 0.351 e. The molecule has 0 radical (unpaired) electrons. The van der Waals surface area contributed by atoms with E-state index in [4.69, 9.17) is 33.7 Å². The first-order valence-corrected chi connectivity index (χ1v) is 11.7. The summed E-state index contributed by atoms with van der Waals surface area (Å²) in [7, 11) is 0. The number of halogens is 4. The van der Waals surface area contributed by atoms with Crippen molar-refractivity contribution in [1.82, 2.24) is 0 Å². The average Bonchev–Trinajstić information content (AvgIpc) is 2.91. The second-order valence-corrected chi connectivity index (χ2v) is 9.01. The van der Waals surface area contributed by atoms with Gasteiger partial charge in [0.1, 0.15) is 23.5 Å². The predicted molar refractivity (Wildman–Crippen MR) is 139 cm³/mol. The van der Waals surface area contributed by atoms with Crippen LogP contribution in [0.5, 0.6) is 0 Å². The third-order valence-electron chi connectivity index (χ3n) is 5.97. The highest BCUT2D eigenvalue weighted by molar-refractivity contribution is 6.32. The second kappa shape index (κ2) is 9.60. The molecule has 0 saturated heterocycles. The van der Waals surface area contributed by atoms with Crippen molar-refractivity contribution >= 4 is 57.5 Å². The number of ketones is 2. The van der Waals surface area contributed by atoms with Gasteiger partial charge in [0.15, 0.2) is 23.2 Å². The lowest BCUT2D eigenvalue weighted by atomic mass is 9.82. The monoisotopic (exact) mass is 544 g/mol. The Bertz CT molecular complexity index is 1660. The highest BCUT2D eigenvalue weighted by atomic mass is 35.5. The fourth-order valence-corrected chi connectivity index (χ4v) is 4.60. The molecule has 38 heavy (non-hydrogen) atoms. The summed E-state index contributed by atoms with van der Waals surface area (Å²) in [5, 5.41) is 23.8. The minimum Gasteiger partial charge on any atom is -0.351 e. The van der Waals surface area contributed by atoms with Crippen LogP contribution in [0.25, 0.3) is 0 Å². The minimum atomic E-state index is -1.17. The van der Waals surface area contributed by atoms with Crippen molar-refractivity contribution in [2.45, 2.75) is 0 Å². The number of nitrogens with zero attached hydrogens (tertiary/aromatic N) is 2. The van der Waals surface area contributed by atoms with Crippen molar-refractivity contribution in [2.24, 2.45) is 0 Å². The molecule has 0 aromatic heterocycles. The number of anilines is 4. The van der Waals surface area contributed by atoms with Crippen LogP contribution in [0.15, 0.2) is 60.7 Å². The van der Waals surface area contributed by atoms with Gasteiger partial charge < -0.3 is 10.6 Å². The Hall–Kier alpha value is -4.76. The topological polar surface area (TPSA) is 106 Å². The van der Waals surface area contributed by atoms with Crippen molar-refractivity contribution in [1.29, 1.82) is 10.5 Å². The van der Waals surface area contributed by atoms with Gasteiger partial charge in [0, 0.05) is 22.5 Å². The van der Waals surface area contributed by atoms with Gasteiger partial charge in [0.05, 0.1) is 32.3 Å². The number of carbonyl (C=O) groups is 2. The molecule has 1 aliphatic carbocycles. The molecule has 0 bridgehead atoms. The normalized spacial score (nSPS) is 11.7. The number of rotatable bonds is 4. The van der Waals surface area contributed by atoms with Crippen LogP contribution in [-0.2, 0) is 0 Å². The fourth-order valence-electron chi connectivity index (χ4n) is 4.15. The van der Waals surface area contributed by atoms with Crippen LogP contribution in [0.1, 0.15) is 43.0 Å². The van der Waals surface area contributed by atoms with Crippen LogP contribution in [0.2, 0.25) is 10.0 Å². The first-order chi connectivity index (χ1) is 18.2. The molecule has 1 aliphatic rings. The van der Waals surface area contributed by atoms with E-state index in [1.807, 2.05) is 12.1 Å². The quantitative estimate of drug-likeness (QED) is 0.246. The predicted octanol–water partition coefficient (Wildman–Crippen LogP) is 7.28. The molecule has 2 N–H and O–H groups in total. The Morgan fingerprint density at radius 2 is 1.05 bits per heavy atom. The highest BCUT2D eigenvalue weighted by Crippen LogP contribution is 2.42. The lowest BCUT2D eigenvalue weighted by molar-refractivity contribution is 0.0972. The highest BCUT2D eigenvalue weighted by Gasteiger charge is 2.38. The molecule has 6 nitrogen and oxygen atoms in total. The second-order valence-electron chi connectivity index (χ2n) is 8.19. The van der Waals surface area contributed by atoms with Gasteiger partial charge in [-0.1, -0.05) is 47.5 Å². The zero-order valence-corrected chi connectivity index (χ0v) is 20.5. The smallest absolute Gasteiger partial charge is 0.197 e. The van der Waals surface area contributed by atoms with Crippen LogP contribution in [-0.4, -0.2) is 11.6 Å². The van der Waals surface area contributed by atoms with Crippen molar-refractivity contribution in [3.63, 3.8) is 0 Å². The maximum Gasteiger partial charge on any atom is 0.197 e. The summed E-state index contributed by atoms with van der Waals surface area (Å²) < 4.78 is 32.3. The van der Waals surface area contributed by atoms with Crippen LogP contribution in [0.4, 0.5) is 31.5 Å². The summed E-state index contributed by atoms with van der Waals surface area (Å²) in [6.07, 6.45) is 0. The number of fused-ring (bicyclic) bond motifs is 2. The minimum absolute atomic E-state index is 0.0461. The van der Waals surface area contributed by atoms with E-state index in [0.29, 0.717) is 0 Å². The molecule has 0 spiro atoms. The summed E-state index contributed by atoms with van der Waals surface area (Å²) in [6.45, 7) is 0. The number of nitrogens with one attached hydrogen (secondary N) is 2. The molecule has 4 aromatic rings. The Balaban J connectivity index is 1.74. The van der Waals surface area contributed by atoms with Crippen LogP contribution < -0.4 is 10.6 Å². The van der Waals surface area contributed by atoms with E-state index in [9.17, 15) is 9.59 Å². The molecule has 0 amide bonds. The molecule has 4 aromatic carbocycles. The summed E-state index contributed by atoms with van der Waals surface area (Å²) in [5.41, 5.74) is -1.79. The van der Waals surface area contributed by atoms with Gasteiger partial charge >= 0.3 is 0 Å². The van der Waals surface area contributed by atoms with Crippen LogP contribution in [0, 0.1) is 34.3 Å². The molecule has 0 atom stereocenters. The van der Waals surface area contributed by atoms with E-state index in [2.05, 4.69) is 10.6 Å². The van der Waals surface area contributed by atoms with Crippen LogP contribution in [0.3, 0.4) is 0 Å². The maximum absolute atomic E-state index is 16.1. The van der Waals surface area contributed by atoms with E-state index in [1.54, 1.807) is 0 Å². The summed E-state index contributed by atoms with van der Waals surface area (Å²) in [4.78, 5) is 26.5. The van der Waals surface area contributed by atoms with Crippen LogP contribution >= 0.6 is 23.2 Å². The van der Waals surface area contributed by atoms with Gasteiger partial charge in [-0.25, -0.2) is 8.78 Å². The molecule has 0 unspecified atom stereocenters. The summed E-state index contributed by atoms with van der Waals surface area (Å²) in [6, 6.07) is 17.9. The molecule has 10 heteroatoms. The molecule has 0 saturated carbocycles. The third-order valence-corrected chi connectivity index (χ3v) is 6.59. The van der Waals surface area contributed by atoms with Gasteiger partial charge in [-0.3, -0.25) is 9.59 Å². The number of hydrogen-bond donors (Lipinski definition) is 2. The molecule has 5 rings (SSSR count). The van der Waals surface area contributed by atoms with E-state index in [-0.39, 0.29) is 43.7 Å². The van der Waals surface area contributed by atoms with Crippen molar-refractivity contribution in [2.75, 3.05) is 10.6 Å². The van der Waals surface area contributed by atoms with E-state index < -0.39 is 45.7 Å². The van der Waals surface area contributed by atoms with Gasteiger partial charge in [0.25, 0.3) is 0 Å². The molecular formula is C28H12Cl2F2N4O2. The molecule has 184 valence electrons. The lowest BCUT2D eigenvalue weighted by Crippen LogP contribution is -2.25. The molecule has 0 heterocycles. The SMILES string of the molecule is N#Cc1ccc(Nc2c(F)c3c(c(F)c2Nc2ccc(C#N)c(Cl)c2)C(=O)c2ccccc2C3=O)cc1Cl. The standard InChI is InChI=1S/C28H12Cl2F2N4O2/c29-19-9-15(7-5-13(19)11-33)35-25-23(31)21-22(28(38)18-4-2-1-3-17(18)27(21)37)24(32)26(25)36-16-8-6-14(12-34)20(30)10-16/h1-10,35-36H. The zero-order valence-electron chi connectivity index (χ0n) is 19.0. The maximum atomic E-state index is 16.1. The Morgan fingerprint density at radius 1 is 0.658 bits per heavy atom. The number of benzene rings is 4. The summed E-state index contributed by atoms with van der Waals surface area (Å²) >= 11 is 12.2. The van der Waals surface area contributed by atoms with E-state index in [0.717, 1.165) is 0 Å². The zero-order chi connectivity index (χ0) is 27.1. The van der Waals surface area contributed by atoms with Crippen molar-refractivity contribution in [3.8, 4) is 12.1 Å². The Morgan fingerprint density at radius 3 is 1.39 bits per heavy atom.